The zero-order valence-electron chi connectivity index (χ0n) is 11.8. The number of hydrogen-bond donors (Lipinski definition) is 0. The number of nitrogens with zero attached hydrogens (tertiary/aromatic N) is 4. The SMILES string of the molecule is CCCC1CCCCN1c1nc(Cl)nc(C)c1[N+](=O)[O-]. The highest BCUT2D eigenvalue weighted by atomic mass is 35.5. The largest absolute Gasteiger partial charge is 0.348 e. The molecule has 1 fully saturated rings. The Morgan fingerprint density at radius 2 is 2.20 bits per heavy atom. The number of nitro groups is 1. The Bertz CT molecular complexity index is 507. The van der Waals surface area contributed by atoms with E-state index in [-0.39, 0.29) is 11.0 Å². The van der Waals surface area contributed by atoms with Gasteiger partial charge in [-0.05, 0) is 44.2 Å². The molecule has 1 aromatic rings. The fourth-order valence-corrected chi connectivity index (χ4v) is 3.05. The summed E-state index contributed by atoms with van der Waals surface area (Å²) in [6, 6.07) is 0.304. The van der Waals surface area contributed by atoms with E-state index in [2.05, 4.69) is 16.9 Å². The van der Waals surface area contributed by atoms with E-state index < -0.39 is 4.92 Å². The van der Waals surface area contributed by atoms with Crippen molar-refractivity contribution in [2.45, 2.75) is 52.0 Å². The van der Waals surface area contributed by atoms with Crippen LogP contribution in [0.15, 0.2) is 0 Å². The minimum atomic E-state index is -0.404. The molecule has 1 aliphatic rings. The maximum atomic E-state index is 11.3. The standard InChI is InChI=1S/C13H19ClN4O2/c1-3-6-10-7-4-5-8-17(10)12-11(18(19)20)9(2)15-13(14)16-12/h10H,3-8H2,1-2H3. The van der Waals surface area contributed by atoms with E-state index in [0.29, 0.717) is 17.6 Å². The molecule has 7 heteroatoms. The van der Waals surface area contributed by atoms with Crippen LogP contribution in [0, 0.1) is 17.0 Å². The van der Waals surface area contributed by atoms with Crippen molar-refractivity contribution in [2.24, 2.45) is 0 Å². The minimum absolute atomic E-state index is 0.0163. The molecule has 0 N–H and O–H groups in total. The molecule has 2 heterocycles. The zero-order chi connectivity index (χ0) is 14.7. The highest BCUT2D eigenvalue weighted by molar-refractivity contribution is 6.28. The van der Waals surface area contributed by atoms with Gasteiger partial charge in [0.05, 0.1) is 4.92 Å². The van der Waals surface area contributed by atoms with E-state index in [0.717, 1.165) is 38.6 Å². The third kappa shape index (κ3) is 3.00. The lowest BCUT2D eigenvalue weighted by Crippen LogP contribution is -2.40. The highest BCUT2D eigenvalue weighted by Crippen LogP contribution is 2.34. The monoisotopic (exact) mass is 298 g/mol. The van der Waals surface area contributed by atoms with Crippen molar-refractivity contribution in [3.63, 3.8) is 0 Å². The molecule has 0 radical (unpaired) electrons. The Morgan fingerprint density at radius 1 is 1.45 bits per heavy atom. The molecule has 1 saturated heterocycles. The molecule has 1 atom stereocenters. The molecule has 0 spiro atoms. The summed E-state index contributed by atoms with van der Waals surface area (Å²) in [7, 11) is 0. The van der Waals surface area contributed by atoms with Crippen molar-refractivity contribution in [2.75, 3.05) is 11.4 Å². The maximum absolute atomic E-state index is 11.3. The van der Waals surface area contributed by atoms with Gasteiger partial charge in [-0.1, -0.05) is 13.3 Å². The highest BCUT2D eigenvalue weighted by Gasteiger charge is 2.31. The van der Waals surface area contributed by atoms with E-state index in [4.69, 9.17) is 11.6 Å². The smallest absolute Gasteiger partial charge is 0.332 e. The Balaban J connectivity index is 2.46. The van der Waals surface area contributed by atoms with Gasteiger partial charge in [0.2, 0.25) is 11.1 Å². The van der Waals surface area contributed by atoms with Crippen molar-refractivity contribution in [1.29, 1.82) is 0 Å². The number of hydrogen-bond acceptors (Lipinski definition) is 5. The van der Waals surface area contributed by atoms with E-state index in [1.165, 1.54) is 0 Å². The Labute approximate surface area is 123 Å². The van der Waals surface area contributed by atoms with Crippen LogP contribution in [0.1, 0.15) is 44.7 Å². The van der Waals surface area contributed by atoms with Gasteiger partial charge < -0.3 is 4.90 Å². The summed E-state index contributed by atoms with van der Waals surface area (Å²) in [6.45, 7) is 4.52. The molecule has 0 aliphatic carbocycles. The summed E-state index contributed by atoms with van der Waals surface area (Å²) in [6.07, 6.45) is 5.29. The zero-order valence-corrected chi connectivity index (χ0v) is 12.6. The summed E-state index contributed by atoms with van der Waals surface area (Å²) >= 11 is 5.90. The maximum Gasteiger partial charge on any atom is 0.332 e. The van der Waals surface area contributed by atoms with Gasteiger partial charge in [0.25, 0.3) is 0 Å². The van der Waals surface area contributed by atoms with Gasteiger partial charge in [0.15, 0.2) is 0 Å². The van der Waals surface area contributed by atoms with Crippen molar-refractivity contribution >= 4 is 23.1 Å². The molecule has 0 bridgehead atoms. The second-order valence-electron chi connectivity index (χ2n) is 5.14. The minimum Gasteiger partial charge on any atom is -0.348 e. The quantitative estimate of drug-likeness (QED) is 0.483. The molecule has 20 heavy (non-hydrogen) atoms. The van der Waals surface area contributed by atoms with Crippen LogP contribution in [-0.2, 0) is 0 Å². The van der Waals surface area contributed by atoms with E-state index in [1.807, 2.05) is 4.90 Å². The van der Waals surface area contributed by atoms with Gasteiger partial charge in [-0.3, -0.25) is 10.1 Å². The first kappa shape index (κ1) is 15.0. The van der Waals surface area contributed by atoms with Crippen LogP contribution in [0.25, 0.3) is 0 Å². The van der Waals surface area contributed by atoms with Gasteiger partial charge >= 0.3 is 5.69 Å². The van der Waals surface area contributed by atoms with Crippen LogP contribution in [0.3, 0.4) is 0 Å². The molecule has 1 unspecified atom stereocenters. The van der Waals surface area contributed by atoms with Crippen LogP contribution >= 0.6 is 11.6 Å². The Kier molecular flexibility index (Phi) is 4.75. The Hall–Kier alpha value is -1.43. The first-order valence-electron chi connectivity index (χ1n) is 6.99. The number of aromatic nitrogens is 2. The van der Waals surface area contributed by atoms with Crippen molar-refractivity contribution in [3.8, 4) is 0 Å². The molecule has 0 amide bonds. The summed E-state index contributed by atoms with van der Waals surface area (Å²) in [4.78, 5) is 21.0. The average Bonchev–Trinajstić information content (AvgIpc) is 2.38. The van der Waals surface area contributed by atoms with Crippen molar-refractivity contribution < 1.29 is 4.92 Å². The van der Waals surface area contributed by atoms with Crippen LogP contribution in [0.2, 0.25) is 5.28 Å². The lowest BCUT2D eigenvalue weighted by molar-refractivity contribution is -0.385. The van der Waals surface area contributed by atoms with Crippen molar-refractivity contribution in [1.82, 2.24) is 9.97 Å². The van der Waals surface area contributed by atoms with Crippen molar-refractivity contribution in [3.05, 3.63) is 21.1 Å². The molecule has 1 aromatic heterocycles. The lowest BCUT2D eigenvalue weighted by Gasteiger charge is -2.36. The molecular weight excluding hydrogens is 280 g/mol. The van der Waals surface area contributed by atoms with Gasteiger partial charge in [-0.2, -0.15) is 4.98 Å². The predicted octanol–water partition coefficient (Wildman–Crippen LogP) is 3.51. The number of anilines is 1. The first-order valence-corrected chi connectivity index (χ1v) is 7.37. The molecule has 110 valence electrons. The predicted molar refractivity (Wildman–Crippen MR) is 78.3 cm³/mol. The average molecular weight is 299 g/mol. The Morgan fingerprint density at radius 3 is 2.85 bits per heavy atom. The van der Waals surface area contributed by atoms with Gasteiger partial charge in [0.1, 0.15) is 5.69 Å². The van der Waals surface area contributed by atoms with E-state index in [9.17, 15) is 10.1 Å². The molecule has 0 saturated carbocycles. The van der Waals surface area contributed by atoms with E-state index in [1.54, 1.807) is 6.92 Å². The topological polar surface area (TPSA) is 72.2 Å². The third-order valence-electron chi connectivity index (χ3n) is 3.72. The number of piperidine rings is 1. The summed E-state index contributed by atoms with van der Waals surface area (Å²) in [5.74, 6) is 0.380. The fourth-order valence-electron chi connectivity index (χ4n) is 2.85. The number of halogens is 1. The van der Waals surface area contributed by atoms with Crippen LogP contribution in [-0.4, -0.2) is 27.5 Å². The summed E-state index contributed by atoms with van der Waals surface area (Å²) in [5, 5.41) is 11.4. The lowest BCUT2D eigenvalue weighted by atomic mass is 9.98. The van der Waals surface area contributed by atoms with Crippen LogP contribution in [0.5, 0.6) is 0 Å². The van der Waals surface area contributed by atoms with E-state index >= 15 is 0 Å². The molecular formula is C13H19ClN4O2. The normalized spacial score (nSPS) is 19.1. The van der Waals surface area contributed by atoms with Crippen LogP contribution < -0.4 is 4.90 Å². The third-order valence-corrected chi connectivity index (χ3v) is 3.89. The second-order valence-corrected chi connectivity index (χ2v) is 5.48. The molecule has 0 aromatic carbocycles. The van der Waals surface area contributed by atoms with Gasteiger partial charge in [-0.25, -0.2) is 4.98 Å². The van der Waals surface area contributed by atoms with Gasteiger partial charge in [-0.15, -0.1) is 0 Å². The number of aryl methyl sites for hydroxylation is 1. The first-order chi connectivity index (χ1) is 9.54. The molecule has 1 aliphatic heterocycles. The summed E-state index contributed by atoms with van der Waals surface area (Å²) in [5.41, 5.74) is 0.309. The summed E-state index contributed by atoms with van der Waals surface area (Å²) < 4.78 is 0. The molecule has 6 nitrogen and oxygen atoms in total. The van der Waals surface area contributed by atoms with Crippen LogP contribution in [0.4, 0.5) is 11.5 Å². The van der Waals surface area contributed by atoms with Gasteiger partial charge in [0, 0.05) is 12.6 Å². The fraction of sp³-hybridized carbons (Fsp3) is 0.692. The number of rotatable bonds is 4. The second kappa shape index (κ2) is 6.35. The molecule has 2 rings (SSSR count).